The molecule has 0 aromatic carbocycles. The van der Waals surface area contributed by atoms with Crippen LogP contribution < -0.4 is 15.8 Å². The van der Waals surface area contributed by atoms with E-state index in [9.17, 15) is 9.90 Å². The summed E-state index contributed by atoms with van der Waals surface area (Å²) in [6.45, 7) is 1.88. The second-order valence-electron chi connectivity index (χ2n) is 8.84. The van der Waals surface area contributed by atoms with Gasteiger partial charge in [-0.1, -0.05) is 25.7 Å². The van der Waals surface area contributed by atoms with E-state index in [2.05, 4.69) is 31.2 Å². The lowest BCUT2D eigenvalue weighted by molar-refractivity contribution is 0.279. The number of nitrogens with zero attached hydrogens (tertiary/aromatic N) is 5. The standard InChI is InChI=1S/C24H30N6O2/c31-16-18-13-17-14-26-24(28-22(17)30(23(18)32)19-7-3-4-8-19)27-21-10-9-20(15-25-21)29-11-5-1-2-6-12-29/h9-10,13-15,19,31H,1-8,11-12,16H2,(H,25,26,27,28). The summed E-state index contributed by atoms with van der Waals surface area (Å²) >= 11 is 0. The fourth-order valence-corrected chi connectivity index (χ4v) is 4.94. The van der Waals surface area contributed by atoms with Gasteiger partial charge in [0.1, 0.15) is 11.5 Å². The molecule has 8 heteroatoms. The number of aliphatic hydroxyl groups excluding tert-OH is 1. The van der Waals surface area contributed by atoms with Crippen LogP contribution in [-0.2, 0) is 6.61 Å². The van der Waals surface area contributed by atoms with Crippen molar-refractivity contribution >= 4 is 28.5 Å². The largest absolute Gasteiger partial charge is 0.391 e. The van der Waals surface area contributed by atoms with Crippen LogP contribution in [0.4, 0.5) is 17.5 Å². The van der Waals surface area contributed by atoms with Crippen LogP contribution in [0.3, 0.4) is 0 Å². The Morgan fingerprint density at radius 3 is 2.47 bits per heavy atom. The average Bonchev–Trinajstić information content (AvgIpc) is 3.20. The van der Waals surface area contributed by atoms with Crippen LogP contribution in [0, 0.1) is 0 Å². The number of rotatable bonds is 5. The third-order valence-electron chi connectivity index (χ3n) is 6.67. The molecule has 1 aliphatic heterocycles. The molecule has 1 aliphatic carbocycles. The van der Waals surface area contributed by atoms with Gasteiger partial charge < -0.3 is 15.3 Å². The predicted molar refractivity (Wildman–Crippen MR) is 125 cm³/mol. The van der Waals surface area contributed by atoms with E-state index in [0.29, 0.717) is 23.0 Å². The Balaban J connectivity index is 1.43. The molecule has 8 nitrogen and oxygen atoms in total. The second kappa shape index (κ2) is 9.24. The molecule has 5 rings (SSSR count). The minimum absolute atomic E-state index is 0.116. The number of fused-ring (bicyclic) bond motifs is 1. The van der Waals surface area contributed by atoms with Gasteiger partial charge in [0.15, 0.2) is 0 Å². The monoisotopic (exact) mass is 434 g/mol. The van der Waals surface area contributed by atoms with Gasteiger partial charge >= 0.3 is 0 Å². The molecular weight excluding hydrogens is 404 g/mol. The molecule has 2 fully saturated rings. The van der Waals surface area contributed by atoms with Gasteiger partial charge in [-0.15, -0.1) is 0 Å². The molecule has 168 valence electrons. The van der Waals surface area contributed by atoms with Crippen molar-refractivity contribution in [2.45, 2.75) is 64.0 Å². The highest BCUT2D eigenvalue weighted by Gasteiger charge is 2.22. The summed E-state index contributed by atoms with van der Waals surface area (Å²) < 4.78 is 1.76. The molecule has 1 saturated carbocycles. The number of hydrogen-bond donors (Lipinski definition) is 2. The van der Waals surface area contributed by atoms with Gasteiger partial charge in [-0.3, -0.25) is 9.36 Å². The smallest absolute Gasteiger partial charge is 0.258 e. The number of nitrogens with one attached hydrogen (secondary N) is 1. The molecule has 0 bridgehead atoms. The van der Waals surface area contributed by atoms with Crippen LogP contribution in [0.5, 0.6) is 0 Å². The summed E-state index contributed by atoms with van der Waals surface area (Å²) in [4.78, 5) is 29.1. The van der Waals surface area contributed by atoms with Gasteiger partial charge in [-0.05, 0) is 43.9 Å². The molecule has 0 atom stereocenters. The third kappa shape index (κ3) is 4.19. The first-order valence-electron chi connectivity index (χ1n) is 11.7. The van der Waals surface area contributed by atoms with E-state index in [0.717, 1.165) is 49.8 Å². The zero-order chi connectivity index (χ0) is 21.9. The number of aromatic nitrogens is 4. The first kappa shape index (κ1) is 20.9. The number of aliphatic hydroxyl groups is 1. The molecule has 32 heavy (non-hydrogen) atoms. The molecule has 4 heterocycles. The normalized spacial score (nSPS) is 17.6. The van der Waals surface area contributed by atoms with E-state index in [1.807, 2.05) is 12.3 Å². The van der Waals surface area contributed by atoms with Crippen molar-refractivity contribution in [1.82, 2.24) is 19.5 Å². The van der Waals surface area contributed by atoms with Gasteiger partial charge in [-0.2, -0.15) is 4.98 Å². The second-order valence-corrected chi connectivity index (χ2v) is 8.84. The lowest BCUT2D eigenvalue weighted by Crippen LogP contribution is -2.27. The van der Waals surface area contributed by atoms with E-state index in [-0.39, 0.29) is 18.2 Å². The van der Waals surface area contributed by atoms with Crippen molar-refractivity contribution in [2.75, 3.05) is 23.3 Å². The molecule has 2 aliphatic rings. The maximum Gasteiger partial charge on any atom is 0.258 e. The van der Waals surface area contributed by atoms with Crippen LogP contribution >= 0.6 is 0 Å². The van der Waals surface area contributed by atoms with E-state index in [1.165, 1.54) is 25.7 Å². The third-order valence-corrected chi connectivity index (χ3v) is 6.67. The van der Waals surface area contributed by atoms with Crippen molar-refractivity contribution in [3.63, 3.8) is 0 Å². The molecule has 0 amide bonds. The SMILES string of the molecule is O=c1c(CO)cc2cnc(Nc3ccc(N4CCCCCC4)cn3)nc2n1C1CCCC1. The zero-order valence-corrected chi connectivity index (χ0v) is 18.3. The van der Waals surface area contributed by atoms with Crippen LogP contribution in [0.1, 0.15) is 63.0 Å². The average molecular weight is 435 g/mol. The van der Waals surface area contributed by atoms with Crippen molar-refractivity contribution in [1.29, 1.82) is 0 Å². The molecule has 3 aromatic heterocycles. The summed E-state index contributed by atoms with van der Waals surface area (Å²) in [5, 5.41) is 13.6. The van der Waals surface area contributed by atoms with Crippen molar-refractivity contribution in [3.05, 3.63) is 46.5 Å². The summed E-state index contributed by atoms with van der Waals surface area (Å²) in [6.07, 6.45) is 12.8. The summed E-state index contributed by atoms with van der Waals surface area (Å²) in [6, 6.07) is 5.85. The Hall–Kier alpha value is -3.00. The van der Waals surface area contributed by atoms with Gasteiger partial charge in [0.25, 0.3) is 5.56 Å². The lowest BCUT2D eigenvalue weighted by Gasteiger charge is -2.22. The first-order valence-corrected chi connectivity index (χ1v) is 11.7. The molecule has 0 radical (unpaired) electrons. The maximum atomic E-state index is 13.0. The van der Waals surface area contributed by atoms with Gasteiger partial charge in [-0.25, -0.2) is 9.97 Å². The van der Waals surface area contributed by atoms with Crippen molar-refractivity contribution in [3.8, 4) is 0 Å². The summed E-state index contributed by atoms with van der Waals surface area (Å²) in [7, 11) is 0. The fraction of sp³-hybridized carbons (Fsp3) is 0.500. The minimum Gasteiger partial charge on any atom is -0.391 e. The quantitative estimate of drug-likeness (QED) is 0.628. The molecule has 1 saturated heterocycles. The first-order chi connectivity index (χ1) is 15.7. The Morgan fingerprint density at radius 2 is 1.78 bits per heavy atom. The van der Waals surface area contributed by atoms with Gasteiger partial charge in [0.05, 0.1) is 18.5 Å². The topological polar surface area (TPSA) is 96.2 Å². The van der Waals surface area contributed by atoms with E-state index >= 15 is 0 Å². The minimum atomic E-state index is -0.283. The summed E-state index contributed by atoms with van der Waals surface area (Å²) in [5.41, 5.74) is 1.98. The van der Waals surface area contributed by atoms with Crippen molar-refractivity contribution < 1.29 is 5.11 Å². The lowest BCUT2D eigenvalue weighted by atomic mass is 10.2. The van der Waals surface area contributed by atoms with E-state index < -0.39 is 0 Å². The maximum absolute atomic E-state index is 13.0. The molecule has 0 spiro atoms. The van der Waals surface area contributed by atoms with Crippen molar-refractivity contribution in [2.24, 2.45) is 0 Å². The number of anilines is 3. The van der Waals surface area contributed by atoms with Gasteiger partial charge in [0.2, 0.25) is 5.95 Å². The predicted octanol–water partition coefficient (Wildman–Crippen LogP) is 3.92. The highest BCUT2D eigenvalue weighted by molar-refractivity contribution is 5.76. The Labute approximate surface area is 187 Å². The summed E-state index contributed by atoms with van der Waals surface area (Å²) in [5.74, 6) is 1.08. The van der Waals surface area contributed by atoms with Crippen LogP contribution in [0.15, 0.2) is 35.4 Å². The highest BCUT2D eigenvalue weighted by atomic mass is 16.3. The van der Waals surface area contributed by atoms with Crippen LogP contribution in [0.2, 0.25) is 0 Å². The number of hydrogen-bond acceptors (Lipinski definition) is 7. The van der Waals surface area contributed by atoms with E-state index in [4.69, 9.17) is 0 Å². The van der Waals surface area contributed by atoms with Gasteiger partial charge in [0, 0.05) is 36.3 Å². The Bertz CT molecular complexity index is 1130. The Morgan fingerprint density at radius 1 is 1.00 bits per heavy atom. The molecular formula is C24H30N6O2. The molecule has 2 N–H and O–H groups in total. The Kier molecular flexibility index (Phi) is 6.03. The molecule has 0 unspecified atom stereocenters. The zero-order valence-electron chi connectivity index (χ0n) is 18.3. The molecule has 3 aromatic rings. The van der Waals surface area contributed by atoms with E-state index in [1.54, 1.807) is 16.8 Å². The van der Waals surface area contributed by atoms with Crippen LogP contribution in [0.25, 0.3) is 11.0 Å². The van der Waals surface area contributed by atoms with Crippen LogP contribution in [-0.4, -0.2) is 37.7 Å². The highest BCUT2D eigenvalue weighted by Crippen LogP contribution is 2.31. The number of pyridine rings is 2. The fourth-order valence-electron chi connectivity index (χ4n) is 4.94.